The van der Waals surface area contributed by atoms with Crippen molar-refractivity contribution in [1.29, 1.82) is 0 Å². The van der Waals surface area contributed by atoms with Gasteiger partial charge in [-0.2, -0.15) is 0 Å². The molecule has 24 heavy (non-hydrogen) atoms. The van der Waals surface area contributed by atoms with Crippen LogP contribution in [0.1, 0.15) is 44.0 Å². The number of amides is 1. The maximum Gasteiger partial charge on any atom is 0.237 e. The molecule has 0 spiro atoms. The summed E-state index contributed by atoms with van der Waals surface area (Å²) in [5.41, 5.74) is 2.32. The SMILES string of the molecule is CCn1c(SCC(=O)N2c3ccccc3C[C@@H]2C)nnc1C1CC1. The Bertz CT molecular complexity index is 768. The van der Waals surface area contributed by atoms with E-state index >= 15 is 0 Å². The number of rotatable bonds is 5. The summed E-state index contributed by atoms with van der Waals surface area (Å²) in [5, 5.41) is 9.53. The van der Waals surface area contributed by atoms with E-state index in [9.17, 15) is 4.79 Å². The summed E-state index contributed by atoms with van der Waals surface area (Å²) in [6.45, 7) is 5.08. The average Bonchev–Trinajstić information content (AvgIpc) is 3.25. The van der Waals surface area contributed by atoms with Gasteiger partial charge in [0.2, 0.25) is 5.91 Å². The van der Waals surface area contributed by atoms with Crippen molar-refractivity contribution in [3.63, 3.8) is 0 Å². The van der Waals surface area contributed by atoms with Crippen LogP contribution in [0.3, 0.4) is 0 Å². The minimum absolute atomic E-state index is 0.149. The molecule has 1 atom stereocenters. The summed E-state index contributed by atoms with van der Waals surface area (Å²) in [6.07, 6.45) is 3.36. The number of hydrogen-bond acceptors (Lipinski definition) is 4. The van der Waals surface area contributed by atoms with Gasteiger partial charge >= 0.3 is 0 Å². The number of nitrogens with zero attached hydrogens (tertiary/aromatic N) is 4. The quantitative estimate of drug-likeness (QED) is 0.783. The highest BCUT2D eigenvalue weighted by Crippen LogP contribution is 2.40. The molecule has 2 aliphatic rings. The summed E-state index contributed by atoms with van der Waals surface area (Å²) in [5.74, 6) is 2.22. The monoisotopic (exact) mass is 342 g/mol. The van der Waals surface area contributed by atoms with Crippen LogP contribution in [0.25, 0.3) is 0 Å². The Labute approximate surface area is 146 Å². The maximum absolute atomic E-state index is 12.8. The van der Waals surface area contributed by atoms with E-state index in [4.69, 9.17) is 0 Å². The molecule has 0 N–H and O–H groups in total. The molecule has 0 radical (unpaired) electrons. The second kappa shape index (κ2) is 6.24. The van der Waals surface area contributed by atoms with Crippen LogP contribution in [0.4, 0.5) is 5.69 Å². The molecule has 2 heterocycles. The number of fused-ring (bicyclic) bond motifs is 1. The van der Waals surface area contributed by atoms with Crippen LogP contribution in [0.5, 0.6) is 0 Å². The van der Waals surface area contributed by atoms with E-state index in [1.54, 1.807) is 0 Å². The highest BCUT2D eigenvalue weighted by Gasteiger charge is 2.32. The first kappa shape index (κ1) is 15.7. The first-order valence-corrected chi connectivity index (χ1v) is 9.63. The summed E-state index contributed by atoms with van der Waals surface area (Å²) in [7, 11) is 0. The minimum atomic E-state index is 0.149. The molecule has 4 rings (SSSR count). The summed E-state index contributed by atoms with van der Waals surface area (Å²) in [4.78, 5) is 14.7. The first-order valence-electron chi connectivity index (χ1n) is 8.65. The van der Waals surface area contributed by atoms with Crippen molar-refractivity contribution in [3.05, 3.63) is 35.7 Å². The van der Waals surface area contributed by atoms with Gasteiger partial charge in [-0.05, 0) is 44.7 Å². The van der Waals surface area contributed by atoms with E-state index in [1.807, 2.05) is 23.1 Å². The Morgan fingerprint density at radius 3 is 2.83 bits per heavy atom. The molecule has 1 aliphatic heterocycles. The van der Waals surface area contributed by atoms with Crippen molar-refractivity contribution in [2.75, 3.05) is 10.7 Å². The number of anilines is 1. The van der Waals surface area contributed by atoms with Gasteiger partial charge in [0.05, 0.1) is 5.75 Å². The van der Waals surface area contributed by atoms with Gasteiger partial charge in [-0.1, -0.05) is 30.0 Å². The van der Waals surface area contributed by atoms with Crippen LogP contribution in [0, 0.1) is 0 Å². The van der Waals surface area contributed by atoms with Gasteiger partial charge in [0.25, 0.3) is 0 Å². The van der Waals surface area contributed by atoms with Crippen LogP contribution in [0.15, 0.2) is 29.4 Å². The van der Waals surface area contributed by atoms with Crippen molar-refractivity contribution >= 4 is 23.4 Å². The molecular weight excluding hydrogens is 320 g/mol. The molecule has 1 fully saturated rings. The molecule has 5 nitrogen and oxygen atoms in total. The van der Waals surface area contributed by atoms with E-state index in [0.29, 0.717) is 11.7 Å². The van der Waals surface area contributed by atoms with Crippen molar-refractivity contribution in [2.24, 2.45) is 0 Å². The van der Waals surface area contributed by atoms with E-state index < -0.39 is 0 Å². The van der Waals surface area contributed by atoms with Crippen molar-refractivity contribution in [1.82, 2.24) is 14.8 Å². The summed E-state index contributed by atoms with van der Waals surface area (Å²) in [6, 6.07) is 8.42. The fourth-order valence-electron chi connectivity index (χ4n) is 3.49. The van der Waals surface area contributed by atoms with Crippen LogP contribution in [0.2, 0.25) is 0 Å². The second-order valence-corrected chi connectivity index (χ2v) is 7.54. The number of aromatic nitrogens is 3. The Hall–Kier alpha value is -1.82. The number of carbonyl (C=O) groups is 1. The maximum atomic E-state index is 12.8. The van der Waals surface area contributed by atoms with Gasteiger partial charge in [-0.25, -0.2) is 0 Å². The number of thioether (sulfide) groups is 1. The Kier molecular flexibility index (Phi) is 4.08. The fourth-order valence-corrected chi connectivity index (χ4v) is 4.36. The van der Waals surface area contributed by atoms with Crippen molar-refractivity contribution in [2.45, 2.75) is 56.8 Å². The highest BCUT2D eigenvalue weighted by atomic mass is 32.2. The summed E-state index contributed by atoms with van der Waals surface area (Å²) < 4.78 is 2.16. The highest BCUT2D eigenvalue weighted by molar-refractivity contribution is 7.99. The van der Waals surface area contributed by atoms with Crippen LogP contribution in [-0.4, -0.2) is 32.5 Å². The standard InChI is InChI=1S/C18H22N4OS/c1-3-21-17(13-8-9-13)19-20-18(21)24-11-16(23)22-12(2)10-14-6-4-5-7-15(14)22/h4-7,12-13H,3,8-11H2,1-2H3/t12-/m0/s1. The van der Waals surface area contributed by atoms with Gasteiger partial charge in [0.15, 0.2) is 5.16 Å². The lowest BCUT2D eigenvalue weighted by atomic mass is 10.1. The van der Waals surface area contributed by atoms with E-state index in [0.717, 1.165) is 29.6 Å². The third-order valence-corrected chi connectivity index (χ3v) is 5.76. The number of carbonyl (C=O) groups excluding carboxylic acids is 1. The van der Waals surface area contributed by atoms with E-state index in [-0.39, 0.29) is 11.9 Å². The average molecular weight is 342 g/mol. The Morgan fingerprint density at radius 1 is 1.29 bits per heavy atom. The van der Waals surface area contributed by atoms with E-state index in [2.05, 4.69) is 34.7 Å². The molecule has 1 saturated carbocycles. The predicted octanol–water partition coefficient (Wildman–Crippen LogP) is 3.25. The molecule has 6 heteroatoms. The molecule has 126 valence electrons. The number of benzene rings is 1. The molecule has 0 bridgehead atoms. The van der Waals surface area contributed by atoms with Gasteiger partial charge in [0.1, 0.15) is 5.82 Å². The zero-order valence-corrected chi connectivity index (χ0v) is 14.9. The fraction of sp³-hybridized carbons (Fsp3) is 0.500. The van der Waals surface area contributed by atoms with Crippen LogP contribution in [-0.2, 0) is 17.8 Å². The largest absolute Gasteiger partial charge is 0.308 e. The van der Waals surface area contributed by atoms with Gasteiger partial charge in [-0.3, -0.25) is 4.79 Å². The lowest BCUT2D eigenvalue weighted by Crippen LogP contribution is -2.37. The normalized spacial score (nSPS) is 19.6. The van der Waals surface area contributed by atoms with Crippen LogP contribution >= 0.6 is 11.8 Å². The van der Waals surface area contributed by atoms with Crippen molar-refractivity contribution in [3.8, 4) is 0 Å². The molecule has 1 aromatic heterocycles. The molecule has 0 saturated heterocycles. The zero-order chi connectivity index (χ0) is 16.7. The molecule has 1 aliphatic carbocycles. The minimum Gasteiger partial charge on any atom is -0.308 e. The lowest BCUT2D eigenvalue weighted by molar-refractivity contribution is -0.116. The summed E-state index contributed by atoms with van der Waals surface area (Å²) >= 11 is 1.51. The predicted molar refractivity (Wildman–Crippen MR) is 95.5 cm³/mol. The Balaban J connectivity index is 1.47. The van der Waals surface area contributed by atoms with E-state index in [1.165, 1.54) is 30.2 Å². The molecular formula is C18H22N4OS. The molecule has 1 amide bonds. The topological polar surface area (TPSA) is 51.0 Å². The molecule has 0 unspecified atom stereocenters. The third kappa shape index (κ3) is 2.73. The molecule has 2 aromatic rings. The number of para-hydroxylation sites is 1. The first-order chi connectivity index (χ1) is 11.7. The smallest absolute Gasteiger partial charge is 0.237 e. The second-order valence-electron chi connectivity index (χ2n) is 6.59. The zero-order valence-electron chi connectivity index (χ0n) is 14.1. The Morgan fingerprint density at radius 2 is 2.08 bits per heavy atom. The third-order valence-electron chi connectivity index (χ3n) is 4.80. The molecule has 1 aromatic carbocycles. The van der Waals surface area contributed by atoms with Crippen molar-refractivity contribution < 1.29 is 4.79 Å². The van der Waals surface area contributed by atoms with Gasteiger partial charge < -0.3 is 9.47 Å². The lowest BCUT2D eigenvalue weighted by Gasteiger charge is -2.22. The van der Waals surface area contributed by atoms with Gasteiger partial charge in [-0.15, -0.1) is 10.2 Å². The van der Waals surface area contributed by atoms with Gasteiger partial charge in [0, 0.05) is 24.2 Å². The van der Waals surface area contributed by atoms with Crippen LogP contribution < -0.4 is 4.90 Å². The number of hydrogen-bond donors (Lipinski definition) is 0.